The van der Waals surface area contributed by atoms with Gasteiger partial charge in [0.2, 0.25) is 11.8 Å². The Labute approximate surface area is 140 Å². The van der Waals surface area contributed by atoms with E-state index >= 15 is 0 Å². The molecular formula is C18H22N2O4. The van der Waals surface area contributed by atoms with Gasteiger partial charge in [0, 0.05) is 17.8 Å². The van der Waals surface area contributed by atoms with Crippen LogP contribution in [0.2, 0.25) is 0 Å². The molecule has 2 rings (SSSR count). The van der Waals surface area contributed by atoms with Crippen LogP contribution < -0.4 is 10.6 Å². The van der Waals surface area contributed by atoms with Gasteiger partial charge in [0.05, 0.1) is 11.8 Å². The summed E-state index contributed by atoms with van der Waals surface area (Å²) in [4.78, 5) is 35.2. The van der Waals surface area contributed by atoms with E-state index in [-0.39, 0.29) is 11.8 Å². The third-order valence-corrected chi connectivity index (χ3v) is 4.18. The highest BCUT2D eigenvalue weighted by Gasteiger charge is 2.33. The molecular weight excluding hydrogens is 308 g/mol. The summed E-state index contributed by atoms with van der Waals surface area (Å²) < 4.78 is 0. The van der Waals surface area contributed by atoms with Crippen molar-refractivity contribution >= 4 is 29.2 Å². The molecule has 1 aliphatic rings. The Morgan fingerprint density at radius 2 is 1.79 bits per heavy atom. The summed E-state index contributed by atoms with van der Waals surface area (Å²) in [7, 11) is 0. The van der Waals surface area contributed by atoms with Gasteiger partial charge in [0.1, 0.15) is 0 Å². The van der Waals surface area contributed by atoms with Crippen molar-refractivity contribution in [2.75, 3.05) is 10.6 Å². The van der Waals surface area contributed by atoms with Crippen LogP contribution in [0, 0.1) is 18.8 Å². The highest BCUT2D eigenvalue weighted by atomic mass is 16.4. The van der Waals surface area contributed by atoms with Gasteiger partial charge in [-0.15, -0.1) is 0 Å². The number of carbonyl (C=O) groups is 3. The molecule has 0 aliphatic heterocycles. The number of aliphatic carboxylic acids is 1. The van der Waals surface area contributed by atoms with Crippen LogP contribution >= 0.6 is 0 Å². The Hall–Kier alpha value is -2.63. The Morgan fingerprint density at radius 1 is 1.12 bits per heavy atom. The van der Waals surface area contributed by atoms with Gasteiger partial charge in [-0.05, 0) is 43.5 Å². The van der Waals surface area contributed by atoms with Gasteiger partial charge in [0.15, 0.2) is 0 Å². The van der Waals surface area contributed by atoms with Crippen LogP contribution in [0.25, 0.3) is 0 Å². The maximum absolute atomic E-state index is 12.4. The van der Waals surface area contributed by atoms with E-state index in [0.717, 1.165) is 5.56 Å². The number of carbonyl (C=O) groups excluding carboxylic acids is 2. The first-order valence-corrected chi connectivity index (χ1v) is 8.01. The second kappa shape index (κ2) is 7.77. The average molecular weight is 330 g/mol. The monoisotopic (exact) mass is 330 g/mol. The SMILES string of the molecule is CCC(=O)Nc1ccc(NC(=O)[C@H]2CC=CC[C@@H]2C(=O)O)cc1C. The van der Waals surface area contributed by atoms with E-state index in [1.807, 2.05) is 13.0 Å². The number of carboxylic acid groups (broad SMARTS) is 1. The van der Waals surface area contributed by atoms with Crippen molar-refractivity contribution in [3.8, 4) is 0 Å². The van der Waals surface area contributed by atoms with Crippen LogP contribution in [0.3, 0.4) is 0 Å². The van der Waals surface area contributed by atoms with Crippen molar-refractivity contribution in [1.29, 1.82) is 0 Å². The molecule has 2 atom stereocenters. The molecule has 0 bridgehead atoms. The van der Waals surface area contributed by atoms with E-state index in [1.54, 1.807) is 31.2 Å². The lowest BCUT2D eigenvalue weighted by Gasteiger charge is -2.24. The highest BCUT2D eigenvalue weighted by Crippen LogP contribution is 2.28. The molecule has 0 heterocycles. The molecule has 0 unspecified atom stereocenters. The minimum Gasteiger partial charge on any atom is -0.481 e. The van der Waals surface area contributed by atoms with Crippen LogP contribution in [0.1, 0.15) is 31.7 Å². The molecule has 3 N–H and O–H groups in total. The topological polar surface area (TPSA) is 95.5 Å². The Bertz CT molecular complexity index is 682. The summed E-state index contributed by atoms with van der Waals surface area (Å²) in [5.41, 5.74) is 2.11. The molecule has 2 amide bonds. The zero-order valence-electron chi connectivity index (χ0n) is 13.8. The lowest BCUT2D eigenvalue weighted by Crippen LogP contribution is -2.34. The second-order valence-corrected chi connectivity index (χ2v) is 5.91. The predicted octanol–water partition coefficient (Wildman–Crippen LogP) is 2.95. The van der Waals surface area contributed by atoms with Gasteiger partial charge in [-0.3, -0.25) is 14.4 Å². The summed E-state index contributed by atoms with van der Waals surface area (Å²) in [5.74, 6) is -2.59. The number of nitrogens with one attached hydrogen (secondary N) is 2. The number of benzene rings is 1. The first-order chi connectivity index (χ1) is 11.4. The van der Waals surface area contributed by atoms with Gasteiger partial charge >= 0.3 is 5.97 Å². The van der Waals surface area contributed by atoms with E-state index in [1.165, 1.54) is 0 Å². The number of amides is 2. The molecule has 6 nitrogen and oxygen atoms in total. The fourth-order valence-electron chi connectivity index (χ4n) is 2.73. The Morgan fingerprint density at radius 3 is 2.38 bits per heavy atom. The molecule has 24 heavy (non-hydrogen) atoms. The van der Waals surface area contributed by atoms with Crippen LogP contribution in [0.5, 0.6) is 0 Å². The van der Waals surface area contributed by atoms with Crippen molar-refractivity contribution in [3.05, 3.63) is 35.9 Å². The van der Waals surface area contributed by atoms with Crippen molar-refractivity contribution in [1.82, 2.24) is 0 Å². The van der Waals surface area contributed by atoms with Gasteiger partial charge in [-0.1, -0.05) is 19.1 Å². The third kappa shape index (κ3) is 4.22. The molecule has 0 saturated heterocycles. The molecule has 0 aromatic heterocycles. The predicted molar refractivity (Wildman–Crippen MR) is 91.7 cm³/mol. The molecule has 6 heteroatoms. The van der Waals surface area contributed by atoms with E-state index in [0.29, 0.717) is 30.6 Å². The van der Waals surface area contributed by atoms with Gasteiger partial charge in [0.25, 0.3) is 0 Å². The van der Waals surface area contributed by atoms with Gasteiger partial charge in [-0.2, -0.15) is 0 Å². The summed E-state index contributed by atoms with van der Waals surface area (Å²) in [5, 5.41) is 14.8. The van der Waals surface area contributed by atoms with Crippen molar-refractivity contribution < 1.29 is 19.5 Å². The van der Waals surface area contributed by atoms with Gasteiger partial charge < -0.3 is 15.7 Å². The maximum atomic E-state index is 12.4. The van der Waals surface area contributed by atoms with Crippen LogP contribution in [-0.2, 0) is 14.4 Å². The van der Waals surface area contributed by atoms with Crippen LogP contribution in [0.15, 0.2) is 30.4 Å². The van der Waals surface area contributed by atoms with E-state index in [4.69, 9.17) is 0 Å². The highest BCUT2D eigenvalue weighted by molar-refractivity contribution is 5.96. The summed E-state index contributed by atoms with van der Waals surface area (Å²) >= 11 is 0. The smallest absolute Gasteiger partial charge is 0.307 e. The number of anilines is 2. The second-order valence-electron chi connectivity index (χ2n) is 5.91. The summed E-state index contributed by atoms with van der Waals surface area (Å²) in [6, 6.07) is 5.19. The summed E-state index contributed by atoms with van der Waals surface area (Å²) in [6.45, 7) is 3.61. The number of allylic oxidation sites excluding steroid dienone is 2. The molecule has 1 aromatic carbocycles. The fourth-order valence-corrected chi connectivity index (χ4v) is 2.73. The number of hydrogen-bond donors (Lipinski definition) is 3. The van der Waals surface area contributed by atoms with E-state index < -0.39 is 17.8 Å². The molecule has 1 aliphatic carbocycles. The molecule has 0 saturated carbocycles. The number of aryl methyl sites for hydroxylation is 1. The molecule has 0 radical (unpaired) electrons. The average Bonchev–Trinajstić information content (AvgIpc) is 2.57. The third-order valence-electron chi connectivity index (χ3n) is 4.18. The molecule has 0 spiro atoms. The fraction of sp³-hybridized carbons (Fsp3) is 0.389. The minimum absolute atomic E-state index is 0.0758. The molecule has 1 aromatic rings. The molecule has 0 fully saturated rings. The first-order valence-electron chi connectivity index (χ1n) is 8.01. The van der Waals surface area contributed by atoms with Gasteiger partial charge in [-0.25, -0.2) is 0 Å². The number of rotatable bonds is 5. The maximum Gasteiger partial charge on any atom is 0.307 e. The van der Waals surface area contributed by atoms with Crippen molar-refractivity contribution in [2.24, 2.45) is 11.8 Å². The standard InChI is InChI=1S/C18H22N2O4/c1-3-16(21)20-15-9-8-12(10-11(15)2)19-17(22)13-6-4-5-7-14(13)18(23)24/h4-5,8-10,13-14H,3,6-7H2,1-2H3,(H,19,22)(H,20,21)(H,23,24)/t13-,14-/m0/s1. The number of carboxylic acids is 1. The number of hydrogen-bond acceptors (Lipinski definition) is 3. The first kappa shape index (κ1) is 17.7. The molecule has 128 valence electrons. The lowest BCUT2D eigenvalue weighted by molar-refractivity contribution is -0.146. The lowest BCUT2D eigenvalue weighted by atomic mass is 9.82. The Kier molecular flexibility index (Phi) is 5.73. The summed E-state index contributed by atoms with van der Waals surface area (Å²) in [6.07, 6.45) is 4.83. The zero-order valence-corrected chi connectivity index (χ0v) is 13.8. The van der Waals surface area contributed by atoms with Crippen LogP contribution in [0.4, 0.5) is 11.4 Å². The van der Waals surface area contributed by atoms with Crippen molar-refractivity contribution in [2.45, 2.75) is 33.1 Å². The Balaban J connectivity index is 2.08. The van der Waals surface area contributed by atoms with Crippen LogP contribution in [-0.4, -0.2) is 22.9 Å². The van der Waals surface area contributed by atoms with E-state index in [9.17, 15) is 19.5 Å². The van der Waals surface area contributed by atoms with E-state index in [2.05, 4.69) is 10.6 Å². The normalized spacial score (nSPS) is 19.6. The van der Waals surface area contributed by atoms with Crippen molar-refractivity contribution in [3.63, 3.8) is 0 Å². The minimum atomic E-state index is -0.951. The largest absolute Gasteiger partial charge is 0.481 e. The quantitative estimate of drug-likeness (QED) is 0.723. The zero-order chi connectivity index (χ0) is 17.7.